The zero-order valence-electron chi connectivity index (χ0n) is 94.9. The third kappa shape index (κ3) is 26.1. The van der Waals surface area contributed by atoms with Crippen LogP contribution in [0.4, 0.5) is 0 Å². The summed E-state index contributed by atoms with van der Waals surface area (Å²) in [5.74, 6) is 0.630. The summed E-state index contributed by atoms with van der Waals surface area (Å²) in [5.41, 5.74) is 41.5. The summed E-state index contributed by atoms with van der Waals surface area (Å²) in [6.07, 6.45) is 146. The normalized spacial score (nSPS) is 32.4. The minimum absolute atomic E-state index is 0.00427. The fourth-order valence-corrected chi connectivity index (χ4v) is 35.8. The van der Waals surface area contributed by atoms with E-state index in [2.05, 4.69) is 91.9 Å². The smallest absolute Gasteiger partial charge is 0.0748 e. The Balaban J connectivity index is 0.938. The number of allylic oxidation sites excluding steroid dienone is 18. The Morgan fingerprint density at radius 2 is 0.350 bits per heavy atom. The van der Waals surface area contributed by atoms with Gasteiger partial charge in [0.25, 0.3) is 0 Å². The van der Waals surface area contributed by atoms with E-state index in [0.717, 1.165) is 39.3 Å². The van der Waals surface area contributed by atoms with Gasteiger partial charge in [-0.3, -0.25) is 0 Å². The summed E-state index contributed by atoms with van der Waals surface area (Å²) in [7, 11) is 0. The van der Waals surface area contributed by atoms with Gasteiger partial charge < -0.3 is 14.2 Å². The standard InChI is InChI=1S/C140H226O3/c1-3-135(107-141-108-135)133(121-103-79-55-57-81-105-137(125(113-87-63-39-19-7-20-40-64-88-113)123(121)111-83-59-35-15-5-16-36-60-84-111)131(119-99-75-51-31-13-32-52-76-100-119)139(137)127(115-91-67-43-23-9-24-44-68-92-115)128(139)116-93-69-45-25-10-26-46-70-94-116)143-134(136(4-2)109-142-110-136)122-104-80-56-58-82-106-138(126(114-89-65-41-21-8-22-42-66-90-114)124(122)112-85-61-37-17-6-18-38-62-86-112)132(120-101-77-53-33-14-34-54-78-102-120)140(138)129(117-95-71-47-27-11-28-48-72-96-117)130(140)118-97-73-49-29-12-30-50-74-98-118/h121-122,133-134H,3-110H2,1-2H3. The quantitative estimate of drug-likeness (QED) is 0.227. The molecule has 18 rings (SSSR count). The summed E-state index contributed by atoms with van der Waals surface area (Å²) >= 11 is 0. The molecule has 0 bridgehead atoms. The molecule has 0 aromatic rings. The average Bonchev–Trinajstić information content (AvgIpc) is 1.42. The third-order valence-electron chi connectivity index (χ3n) is 43.8. The van der Waals surface area contributed by atoms with Gasteiger partial charge in [0.2, 0.25) is 0 Å². The van der Waals surface area contributed by atoms with Crippen LogP contribution < -0.4 is 0 Å². The molecule has 0 aromatic carbocycles. The summed E-state index contributed by atoms with van der Waals surface area (Å²) in [6.45, 7) is 9.02. The molecule has 4 spiro atoms. The summed E-state index contributed by atoms with van der Waals surface area (Å²) in [4.78, 5) is 0. The van der Waals surface area contributed by atoms with E-state index in [-0.39, 0.29) is 44.7 Å². The first-order valence-corrected chi connectivity index (χ1v) is 67.1. The second-order valence-electron chi connectivity index (χ2n) is 53.4. The van der Waals surface area contributed by atoms with Crippen molar-refractivity contribution in [2.45, 2.75) is 694 Å². The van der Waals surface area contributed by atoms with Crippen molar-refractivity contribution in [3.63, 3.8) is 0 Å². The van der Waals surface area contributed by atoms with Crippen LogP contribution in [0.5, 0.6) is 0 Å². The molecule has 16 saturated carbocycles. The lowest BCUT2D eigenvalue weighted by Crippen LogP contribution is -2.61. The maximum Gasteiger partial charge on any atom is 0.0748 e. The van der Waals surface area contributed by atoms with E-state index in [9.17, 15) is 4.74 Å². The second-order valence-corrected chi connectivity index (χ2v) is 53.4. The van der Waals surface area contributed by atoms with Gasteiger partial charge >= 0.3 is 0 Å². The fourth-order valence-electron chi connectivity index (χ4n) is 35.8. The van der Waals surface area contributed by atoms with Gasteiger partial charge in [0, 0.05) is 33.5 Å². The van der Waals surface area contributed by atoms with Gasteiger partial charge in [-0.1, -0.05) is 442 Å². The Morgan fingerprint density at radius 3 is 0.531 bits per heavy atom. The molecule has 0 aromatic heterocycles. The Hall–Kier alpha value is -2.72. The van der Waals surface area contributed by atoms with Crippen molar-refractivity contribution < 1.29 is 14.2 Å². The number of ether oxygens (including phenoxy) is 3. The maximum absolute atomic E-state index is 10.4. The molecule has 16 aliphatic carbocycles. The number of rotatable bonds is 8. The van der Waals surface area contributed by atoms with Crippen LogP contribution in [0.15, 0.2) is 111 Å². The molecule has 6 atom stereocenters. The van der Waals surface area contributed by atoms with Crippen molar-refractivity contribution in [3.8, 4) is 0 Å². The molecule has 3 heteroatoms. The summed E-state index contributed by atoms with van der Waals surface area (Å²) < 4.78 is 25.2. The topological polar surface area (TPSA) is 27.7 Å². The molecule has 143 heavy (non-hydrogen) atoms. The predicted octanol–water partition coefficient (Wildman–Crippen LogP) is 44.7. The maximum atomic E-state index is 10.4. The molecule has 2 heterocycles. The van der Waals surface area contributed by atoms with Crippen LogP contribution in [-0.4, -0.2) is 38.6 Å². The van der Waals surface area contributed by atoms with Crippen LogP contribution >= 0.6 is 0 Å². The van der Waals surface area contributed by atoms with Crippen LogP contribution in [-0.2, 0) is 14.2 Å². The lowest BCUT2D eigenvalue weighted by atomic mass is 9.61. The number of hydrogen-bond acceptors (Lipinski definition) is 3. The van der Waals surface area contributed by atoms with E-state index in [0.29, 0.717) is 11.8 Å². The van der Waals surface area contributed by atoms with Gasteiger partial charge in [-0.2, -0.15) is 0 Å². The van der Waals surface area contributed by atoms with Crippen molar-refractivity contribution in [2.24, 2.45) is 44.3 Å². The van der Waals surface area contributed by atoms with Crippen molar-refractivity contribution in [2.75, 3.05) is 26.4 Å². The molecular formula is C140H226O3. The molecule has 2 aliphatic heterocycles. The zero-order valence-corrected chi connectivity index (χ0v) is 94.9. The Kier molecular flexibility index (Phi) is 43.8. The second kappa shape index (κ2) is 56.9. The lowest BCUT2D eigenvalue weighted by Gasteiger charge is -2.57. The van der Waals surface area contributed by atoms with Crippen LogP contribution in [0.2, 0.25) is 0 Å². The average molecular weight is 1960 g/mol. The van der Waals surface area contributed by atoms with Gasteiger partial charge in [0.1, 0.15) is 0 Å². The molecule has 804 valence electrons. The first-order valence-electron chi connectivity index (χ1n) is 67.1. The highest BCUT2D eigenvalue weighted by Crippen LogP contribution is 2.96. The molecule has 0 N–H and O–H groups in total. The summed E-state index contributed by atoms with van der Waals surface area (Å²) in [6, 6.07) is 0. The largest absolute Gasteiger partial charge is 0.380 e. The Morgan fingerprint density at radius 1 is 0.189 bits per heavy atom. The fraction of sp³-hybridized carbons (Fsp3) is 0.857. The molecule has 18 aliphatic rings. The molecule has 6 unspecified atom stereocenters. The van der Waals surface area contributed by atoms with Gasteiger partial charge in [-0.15, -0.1) is 0 Å². The van der Waals surface area contributed by atoms with E-state index in [4.69, 9.17) is 9.47 Å². The molecule has 3 nitrogen and oxygen atoms in total. The van der Waals surface area contributed by atoms with E-state index in [1.807, 2.05) is 33.4 Å². The first-order chi connectivity index (χ1) is 71.0. The van der Waals surface area contributed by atoms with Crippen LogP contribution in [0.25, 0.3) is 0 Å². The Labute approximate surface area is 884 Å². The highest BCUT2D eigenvalue weighted by Gasteiger charge is 2.88. The van der Waals surface area contributed by atoms with Crippen molar-refractivity contribution >= 4 is 0 Å². The molecule has 2 saturated heterocycles. The number of hydrogen-bond donors (Lipinski definition) is 0. The van der Waals surface area contributed by atoms with Crippen LogP contribution in [0.3, 0.4) is 0 Å². The van der Waals surface area contributed by atoms with Crippen LogP contribution in [0.1, 0.15) is 682 Å². The SMILES string of the molecule is CCC1(C(OC(C2CCCCCCC3(C(=C4CCCCCCCCC4)C2=C2CCCCCCCCC2)C(=C2CCCCCCCCC2)C32C(=C3CCCCCCCCC3)C2=C2CCCCCCCCC2)C2(CC)COC2)C2CCCCCCC3(C(=C4CCCCCCCCC4)C2=C2CCCCCCCCC2)C(=C2CCCCCCCCC2)C32C(=C3CCCCCCCCC3)C2=C2CCCCCCCCC2)COC1. The van der Waals surface area contributed by atoms with Gasteiger partial charge in [-0.25, -0.2) is 0 Å². The molecule has 0 amide bonds. The lowest BCUT2D eigenvalue weighted by molar-refractivity contribution is -0.266. The summed E-state index contributed by atoms with van der Waals surface area (Å²) in [5, 5.41) is 0. The molecular weight excluding hydrogens is 1730 g/mol. The highest BCUT2D eigenvalue weighted by molar-refractivity contribution is 5.91. The van der Waals surface area contributed by atoms with Crippen molar-refractivity contribution in [3.05, 3.63) is 111 Å². The monoisotopic (exact) mass is 1960 g/mol. The molecule has 0 radical (unpaired) electrons. The van der Waals surface area contributed by atoms with Crippen LogP contribution in [0, 0.1) is 44.3 Å². The van der Waals surface area contributed by atoms with E-state index in [1.54, 1.807) is 0 Å². The predicted molar refractivity (Wildman–Crippen MR) is 614 cm³/mol. The number of fused-ring (bicyclic) bond motifs is 2. The minimum Gasteiger partial charge on any atom is -0.380 e. The first kappa shape index (κ1) is 110. The van der Waals surface area contributed by atoms with E-state index < -0.39 is 0 Å². The Bertz CT molecular complexity index is 3780. The highest BCUT2D eigenvalue weighted by atomic mass is 16.5. The zero-order chi connectivity index (χ0) is 97.3. The van der Waals surface area contributed by atoms with Gasteiger partial charge in [-0.05, 0) is 351 Å². The van der Waals surface area contributed by atoms with E-state index in [1.165, 1.54) is 655 Å². The molecule has 18 fully saturated rings. The van der Waals surface area contributed by atoms with Crippen molar-refractivity contribution in [1.82, 2.24) is 0 Å². The third-order valence-corrected chi connectivity index (χ3v) is 43.8. The van der Waals surface area contributed by atoms with Gasteiger partial charge in [0.15, 0.2) is 0 Å². The minimum atomic E-state index is -0.0912. The van der Waals surface area contributed by atoms with E-state index >= 15 is 0 Å². The van der Waals surface area contributed by atoms with Gasteiger partial charge in [0.05, 0.1) is 49.5 Å². The van der Waals surface area contributed by atoms with Crippen molar-refractivity contribution in [1.29, 1.82) is 0 Å².